The number of sulfonamides is 1. The van der Waals surface area contributed by atoms with Crippen molar-refractivity contribution >= 4 is 10.0 Å². The van der Waals surface area contributed by atoms with Crippen molar-refractivity contribution in [3.05, 3.63) is 12.4 Å². The van der Waals surface area contributed by atoms with E-state index < -0.39 is 10.0 Å². The Labute approximate surface area is 125 Å². The molecule has 0 unspecified atom stereocenters. The molecule has 1 saturated heterocycles. The Hall–Kier alpha value is -0.960. The Balaban J connectivity index is 2.06. The highest BCUT2D eigenvalue weighted by Crippen LogP contribution is 2.19. The molecule has 2 rings (SSSR count). The largest absolute Gasteiger partial charge is 0.385 e. The first-order valence-corrected chi connectivity index (χ1v) is 8.65. The predicted molar refractivity (Wildman–Crippen MR) is 77.5 cm³/mol. The van der Waals surface area contributed by atoms with Crippen LogP contribution in [0.25, 0.3) is 0 Å². The maximum atomic E-state index is 12.6. The number of ether oxygens (including phenoxy) is 2. The van der Waals surface area contributed by atoms with Crippen LogP contribution < -0.4 is 0 Å². The van der Waals surface area contributed by atoms with E-state index in [-0.39, 0.29) is 11.0 Å². The van der Waals surface area contributed by atoms with Crippen molar-refractivity contribution in [1.82, 2.24) is 14.1 Å². The van der Waals surface area contributed by atoms with Crippen molar-refractivity contribution in [2.75, 3.05) is 33.4 Å². The van der Waals surface area contributed by atoms with Gasteiger partial charge in [0.2, 0.25) is 10.0 Å². The van der Waals surface area contributed by atoms with E-state index in [0.29, 0.717) is 32.7 Å². The molecule has 1 fully saturated rings. The molecule has 1 atom stereocenters. The molecule has 8 heteroatoms. The number of morpholine rings is 1. The maximum absolute atomic E-state index is 12.6. The fourth-order valence-electron chi connectivity index (χ4n) is 2.31. The van der Waals surface area contributed by atoms with E-state index in [1.54, 1.807) is 18.0 Å². The quantitative estimate of drug-likeness (QED) is 0.741. The fraction of sp³-hybridized carbons (Fsp3) is 0.769. The normalized spacial score (nSPS) is 20.8. The summed E-state index contributed by atoms with van der Waals surface area (Å²) in [6, 6.07) is 0. The second-order valence-corrected chi connectivity index (χ2v) is 7.01. The smallest absolute Gasteiger partial charge is 0.246 e. The third-order valence-corrected chi connectivity index (χ3v) is 5.26. The van der Waals surface area contributed by atoms with Crippen LogP contribution in [0.1, 0.15) is 19.8 Å². The molecule has 0 aliphatic carbocycles. The molecular weight excluding hydrogens is 294 g/mol. The maximum Gasteiger partial charge on any atom is 0.246 e. The Morgan fingerprint density at radius 2 is 2.33 bits per heavy atom. The predicted octanol–water partition coefficient (Wildman–Crippen LogP) is 0.719. The van der Waals surface area contributed by atoms with Crippen LogP contribution in [0, 0.1) is 0 Å². The molecule has 1 aromatic rings. The van der Waals surface area contributed by atoms with Crippen molar-refractivity contribution in [2.45, 2.75) is 37.3 Å². The van der Waals surface area contributed by atoms with Crippen molar-refractivity contribution < 1.29 is 17.9 Å². The molecule has 0 N–H and O–H groups in total. The van der Waals surface area contributed by atoms with Gasteiger partial charge in [-0.2, -0.15) is 9.40 Å². The zero-order valence-electron chi connectivity index (χ0n) is 12.6. The lowest BCUT2D eigenvalue weighted by atomic mass is 10.2. The number of methoxy groups -OCH3 is 1. The third-order valence-electron chi connectivity index (χ3n) is 3.45. The summed E-state index contributed by atoms with van der Waals surface area (Å²) in [6.45, 7) is 4.46. The van der Waals surface area contributed by atoms with Gasteiger partial charge in [-0.3, -0.25) is 4.68 Å². The molecule has 120 valence electrons. The van der Waals surface area contributed by atoms with Crippen molar-refractivity contribution in [3.8, 4) is 0 Å². The minimum atomic E-state index is -3.49. The number of hydrogen-bond acceptors (Lipinski definition) is 5. The molecule has 1 aliphatic heterocycles. The molecule has 0 bridgehead atoms. The average Bonchev–Trinajstić information content (AvgIpc) is 2.95. The van der Waals surface area contributed by atoms with Crippen LogP contribution in [0.5, 0.6) is 0 Å². The van der Waals surface area contributed by atoms with Crippen LogP contribution >= 0.6 is 0 Å². The van der Waals surface area contributed by atoms with E-state index in [0.717, 1.165) is 13.0 Å². The summed E-state index contributed by atoms with van der Waals surface area (Å²) in [7, 11) is -1.86. The fourth-order valence-corrected chi connectivity index (χ4v) is 3.72. The van der Waals surface area contributed by atoms with E-state index in [1.165, 1.54) is 10.5 Å². The van der Waals surface area contributed by atoms with Gasteiger partial charge >= 0.3 is 0 Å². The molecule has 21 heavy (non-hydrogen) atoms. The third kappa shape index (κ3) is 4.03. The lowest BCUT2D eigenvalue weighted by Gasteiger charge is -2.31. The van der Waals surface area contributed by atoms with Gasteiger partial charge in [-0.05, 0) is 12.8 Å². The second-order valence-electron chi connectivity index (χ2n) is 5.08. The number of aromatic nitrogens is 2. The van der Waals surface area contributed by atoms with Gasteiger partial charge < -0.3 is 9.47 Å². The van der Waals surface area contributed by atoms with Crippen LogP contribution in [0.15, 0.2) is 17.3 Å². The highest BCUT2D eigenvalue weighted by atomic mass is 32.2. The SMILES string of the molecule is CCCn1cc(S(=O)(=O)N2CCO[C@@H](CCOC)C2)cn1. The van der Waals surface area contributed by atoms with Crippen molar-refractivity contribution in [3.63, 3.8) is 0 Å². The summed E-state index contributed by atoms with van der Waals surface area (Å²) in [5, 5.41) is 4.10. The molecular formula is C13H23N3O4S. The van der Waals surface area contributed by atoms with Gasteiger partial charge in [0.05, 0.1) is 18.9 Å². The highest BCUT2D eigenvalue weighted by Gasteiger charge is 2.31. The lowest BCUT2D eigenvalue weighted by Crippen LogP contribution is -2.45. The standard InChI is InChI=1S/C13H23N3O4S/c1-3-5-15-11-13(9-14-15)21(17,18)16-6-8-20-12(10-16)4-7-19-2/h9,11-12H,3-8,10H2,1-2H3/t12-/m0/s1. The summed E-state index contributed by atoms with van der Waals surface area (Å²) < 4.78 is 39.0. The number of aryl methyl sites for hydroxylation is 1. The first-order valence-electron chi connectivity index (χ1n) is 7.21. The van der Waals surface area contributed by atoms with Crippen molar-refractivity contribution in [1.29, 1.82) is 0 Å². The minimum Gasteiger partial charge on any atom is -0.385 e. The van der Waals surface area contributed by atoms with Gasteiger partial charge in [-0.15, -0.1) is 0 Å². The van der Waals surface area contributed by atoms with Gasteiger partial charge in [0.1, 0.15) is 4.90 Å². The summed E-state index contributed by atoms with van der Waals surface area (Å²) in [6.07, 6.45) is 4.51. The summed E-state index contributed by atoms with van der Waals surface area (Å²) >= 11 is 0. The Bertz CT molecular complexity index is 543. The minimum absolute atomic E-state index is 0.112. The van der Waals surface area contributed by atoms with E-state index in [1.807, 2.05) is 6.92 Å². The van der Waals surface area contributed by atoms with E-state index in [2.05, 4.69) is 5.10 Å². The summed E-state index contributed by atoms with van der Waals surface area (Å²) in [5.41, 5.74) is 0. The van der Waals surface area contributed by atoms with Crippen LogP contribution in [0.3, 0.4) is 0 Å². The molecule has 7 nitrogen and oxygen atoms in total. The van der Waals surface area contributed by atoms with Crippen LogP contribution in [-0.2, 0) is 26.0 Å². The van der Waals surface area contributed by atoms with Crippen LogP contribution in [0.4, 0.5) is 0 Å². The molecule has 2 heterocycles. The zero-order chi connectivity index (χ0) is 15.3. The first kappa shape index (κ1) is 16.4. The van der Waals surface area contributed by atoms with Gasteiger partial charge in [-0.25, -0.2) is 8.42 Å². The summed E-state index contributed by atoms with van der Waals surface area (Å²) in [4.78, 5) is 0.253. The molecule has 0 spiro atoms. The van der Waals surface area contributed by atoms with E-state index in [4.69, 9.17) is 9.47 Å². The topological polar surface area (TPSA) is 73.7 Å². The van der Waals surface area contributed by atoms with Crippen LogP contribution in [0.2, 0.25) is 0 Å². The number of rotatable bonds is 7. The van der Waals surface area contributed by atoms with Crippen LogP contribution in [-0.4, -0.2) is 62.0 Å². The van der Waals surface area contributed by atoms with Gasteiger partial charge in [0.15, 0.2) is 0 Å². The molecule has 0 radical (unpaired) electrons. The zero-order valence-corrected chi connectivity index (χ0v) is 13.4. The van der Waals surface area contributed by atoms with Gasteiger partial charge in [-0.1, -0.05) is 6.92 Å². The van der Waals surface area contributed by atoms with Crippen molar-refractivity contribution in [2.24, 2.45) is 0 Å². The molecule has 1 aliphatic rings. The Morgan fingerprint density at radius 1 is 1.52 bits per heavy atom. The second kappa shape index (κ2) is 7.35. The molecule has 0 aromatic carbocycles. The molecule has 0 saturated carbocycles. The van der Waals surface area contributed by atoms with E-state index >= 15 is 0 Å². The first-order chi connectivity index (χ1) is 10.1. The Morgan fingerprint density at radius 3 is 3.05 bits per heavy atom. The van der Waals surface area contributed by atoms with E-state index in [9.17, 15) is 8.42 Å². The molecule has 1 aromatic heterocycles. The molecule has 0 amide bonds. The summed E-state index contributed by atoms with van der Waals surface area (Å²) in [5.74, 6) is 0. The van der Waals surface area contributed by atoms with Gasteiger partial charge in [0, 0.05) is 39.5 Å². The average molecular weight is 317 g/mol. The monoisotopic (exact) mass is 317 g/mol. The highest BCUT2D eigenvalue weighted by molar-refractivity contribution is 7.89. The number of nitrogens with zero attached hydrogens (tertiary/aromatic N) is 3. The Kier molecular flexibility index (Phi) is 5.74. The lowest BCUT2D eigenvalue weighted by molar-refractivity contribution is -0.0168. The number of hydrogen-bond donors (Lipinski definition) is 0. The van der Waals surface area contributed by atoms with Gasteiger partial charge in [0.25, 0.3) is 0 Å².